The highest BCUT2D eigenvalue weighted by molar-refractivity contribution is 7.92. The van der Waals surface area contributed by atoms with Gasteiger partial charge < -0.3 is 0 Å². The molecule has 1 aliphatic carbocycles. The highest BCUT2D eigenvalue weighted by atomic mass is 32.2. The van der Waals surface area contributed by atoms with E-state index in [0.717, 1.165) is 0 Å². The van der Waals surface area contributed by atoms with Crippen LogP contribution in [-0.2, 0) is 14.6 Å². The average molecular weight is 190 g/mol. The predicted molar refractivity (Wildman–Crippen MR) is 46.7 cm³/mol. The number of carbonyl (C=O) groups excluding carboxylic acids is 1. The molecule has 0 radical (unpaired) electrons. The van der Waals surface area contributed by atoms with Crippen molar-refractivity contribution in [3.8, 4) is 0 Å². The van der Waals surface area contributed by atoms with Crippen molar-refractivity contribution in [2.45, 2.75) is 37.9 Å². The van der Waals surface area contributed by atoms with Gasteiger partial charge in [-0.3, -0.25) is 4.79 Å². The quantitative estimate of drug-likeness (QED) is 0.651. The largest absolute Gasteiger partial charge is 0.300 e. The van der Waals surface area contributed by atoms with Crippen LogP contribution in [0.4, 0.5) is 0 Å². The maximum absolute atomic E-state index is 11.3. The molecule has 4 heteroatoms. The Morgan fingerprint density at radius 2 is 1.83 bits per heavy atom. The predicted octanol–water partition coefficient (Wildman–Crippen LogP) is 0.933. The van der Waals surface area contributed by atoms with E-state index >= 15 is 0 Å². The molecule has 0 spiro atoms. The summed E-state index contributed by atoms with van der Waals surface area (Å²) < 4.78 is 22.7. The van der Waals surface area contributed by atoms with Crippen LogP contribution in [-0.4, -0.2) is 25.2 Å². The smallest absolute Gasteiger partial charge is 0.152 e. The second kappa shape index (κ2) is 3.56. The minimum absolute atomic E-state index is 0.200. The first-order valence-electron chi connectivity index (χ1n) is 4.29. The number of sulfone groups is 1. The summed E-state index contributed by atoms with van der Waals surface area (Å²) in [5.41, 5.74) is 0. The number of rotatable bonds is 2. The molecule has 12 heavy (non-hydrogen) atoms. The lowest BCUT2D eigenvalue weighted by Gasteiger charge is -2.19. The van der Waals surface area contributed by atoms with Crippen LogP contribution in [0.1, 0.15) is 32.6 Å². The SMILES string of the molecule is CCS(=O)(=O)C1CCC(=O)CC1. The van der Waals surface area contributed by atoms with Crippen molar-refractivity contribution in [1.29, 1.82) is 0 Å². The monoisotopic (exact) mass is 190 g/mol. The summed E-state index contributed by atoms with van der Waals surface area (Å²) >= 11 is 0. The van der Waals surface area contributed by atoms with Gasteiger partial charge in [0, 0.05) is 18.6 Å². The molecule has 1 rings (SSSR count). The Morgan fingerprint density at radius 1 is 1.33 bits per heavy atom. The van der Waals surface area contributed by atoms with Crippen LogP contribution in [0.25, 0.3) is 0 Å². The number of hydrogen-bond donors (Lipinski definition) is 0. The zero-order valence-corrected chi connectivity index (χ0v) is 8.06. The van der Waals surface area contributed by atoms with Crippen molar-refractivity contribution >= 4 is 15.6 Å². The van der Waals surface area contributed by atoms with Crippen molar-refractivity contribution in [2.75, 3.05) is 5.75 Å². The maximum Gasteiger partial charge on any atom is 0.152 e. The zero-order chi connectivity index (χ0) is 9.19. The highest BCUT2D eigenvalue weighted by Crippen LogP contribution is 2.21. The third kappa shape index (κ3) is 2.06. The van der Waals surface area contributed by atoms with Gasteiger partial charge in [-0.1, -0.05) is 6.92 Å². The molecule has 3 nitrogen and oxygen atoms in total. The van der Waals surface area contributed by atoms with Crippen molar-refractivity contribution < 1.29 is 13.2 Å². The summed E-state index contributed by atoms with van der Waals surface area (Å²) in [4.78, 5) is 10.8. The van der Waals surface area contributed by atoms with Crippen LogP contribution >= 0.6 is 0 Å². The summed E-state index contributed by atoms with van der Waals surface area (Å²) in [6.07, 6.45) is 1.97. The maximum atomic E-state index is 11.3. The van der Waals surface area contributed by atoms with E-state index in [1.165, 1.54) is 0 Å². The van der Waals surface area contributed by atoms with E-state index in [2.05, 4.69) is 0 Å². The topological polar surface area (TPSA) is 51.2 Å². The Morgan fingerprint density at radius 3 is 2.25 bits per heavy atom. The molecule has 0 unspecified atom stereocenters. The normalized spacial score (nSPS) is 21.2. The molecule has 0 saturated heterocycles. The fraction of sp³-hybridized carbons (Fsp3) is 0.875. The number of ketones is 1. The molecule has 0 heterocycles. The molecule has 1 fully saturated rings. The lowest BCUT2D eigenvalue weighted by Crippen LogP contribution is -2.28. The van der Waals surface area contributed by atoms with Gasteiger partial charge >= 0.3 is 0 Å². The third-order valence-corrected chi connectivity index (χ3v) is 4.69. The van der Waals surface area contributed by atoms with E-state index in [1.807, 2.05) is 0 Å². The van der Waals surface area contributed by atoms with Gasteiger partial charge in [0.05, 0.1) is 5.25 Å². The minimum atomic E-state index is -2.90. The van der Waals surface area contributed by atoms with E-state index < -0.39 is 9.84 Å². The second-order valence-corrected chi connectivity index (χ2v) is 5.76. The van der Waals surface area contributed by atoms with Gasteiger partial charge in [0.1, 0.15) is 5.78 Å². The van der Waals surface area contributed by atoms with Gasteiger partial charge in [0.2, 0.25) is 0 Å². The molecule has 0 atom stereocenters. The summed E-state index contributed by atoms with van der Waals surface area (Å²) in [5, 5.41) is -0.250. The van der Waals surface area contributed by atoms with E-state index in [9.17, 15) is 13.2 Å². The molecular weight excluding hydrogens is 176 g/mol. The Balaban J connectivity index is 2.62. The first kappa shape index (κ1) is 9.71. The second-order valence-electron chi connectivity index (χ2n) is 3.19. The first-order chi connectivity index (χ1) is 5.56. The molecule has 0 aliphatic heterocycles. The Hall–Kier alpha value is -0.380. The van der Waals surface area contributed by atoms with Gasteiger partial charge in [-0.25, -0.2) is 8.42 Å². The van der Waals surface area contributed by atoms with Crippen LogP contribution in [0, 0.1) is 0 Å². The van der Waals surface area contributed by atoms with Gasteiger partial charge in [-0.15, -0.1) is 0 Å². The summed E-state index contributed by atoms with van der Waals surface area (Å²) in [6, 6.07) is 0. The number of carbonyl (C=O) groups is 1. The zero-order valence-electron chi connectivity index (χ0n) is 7.25. The lowest BCUT2D eigenvalue weighted by atomic mass is 9.99. The molecule has 0 aromatic carbocycles. The Bertz CT molecular complexity index is 256. The van der Waals surface area contributed by atoms with E-state index in [1.54, 1.807) is 6.92 Å². The number of Topliss-reactive ketones (excluding diaryl/α,β-unsaturated/α-hetero) is 1. The fourth-order valence-corrected chi connectivity index (χ4v) is 2.93. The van der Waals surface area contributed by atoms with Gasteiger partial charge in [0.25, 0.3) is 0 Å². The van der Waals surface area contributed by atoms with Crippen molar-refractivity contribution in [1.82, 2.24) is 0 Å². The minimum Gasteiger partial charge on any atom is -0.300 e. The van der Waals surface area contributed by atoms with Gasteiger partial charge in [-0.2, -0.15) is 0 Å². The molecule has 1 saturated carbocycles. The lowest BCUT2D eigenvalue weighted by molar-refractivity contribution is -0.120. The average Bonchev–Trinajstić information content (AvgIpc) is 2.05. The van der Waals surface area contributed by atoms with Crippen LogP contribution < -0.4 is 0 Å². The standard InChI is InChI=1S/C8H14O3S/c1-2-12(10,11)8-5-3-7(9)4-6-8/h8H,2-6H2,1H3. The number of hydrogen-bond acceptors (Lipinski definition) is 3. The Labute approximate surface area is 73.1 Å². The molecule has 0 bridgehead atoms. The molecule has 1 aliphatic rings. The van der Waals surface area contributed by atoms with E-state index in [0.29, 0.717) is 25.7 Å². The van der Waals surface area contributed by atoms with Crippen LogP contribution in [0.5, 0.6) is 0 Å². The summed E-state index contributed by atoms with van der Waals surface area (Å²) in [5.74, 6) is 0.406. The van der Waals surface area contributed by atoms with Crippen molar-refractivity contribution in [2.24, 2.45) is 0 Å². The van der Waals surface area contributed by atoms with Crippen LogP contribution in [0.15, 0.2) is 0 Å². The van der Waals surface area contributed by atoms with Crippen molar-refractivity contribution in [3.05, 3.63) is 0 Å². The molecular formula is C8H14O3S. The highest BCUT2D eigenvalue weighted by Gasteiger charge is 2.28. The summed E-state index contributed by atoms with van der Waals surface area (Å²) in [6.45, 7) is 1.66. The molecule has 0 aromatic heterocycles. The van der Waals surface area contributed by atoms with Gasteiger partial charge in [-0.05, 0) is 12.8 Å². The van der Waals surface area contributed by atoms with Crippen LogP contribution in [0.3, 0.4) is 0 Å². The first-order valence-corrected chi connectivity index (χ1v) is 6.01. The van der Waals surface area contributed by atoms with Gasteiger partial charge in [0.15, 0.2) is 9.84 Å². The van der Waals surface area contributed by atoms with Crippen LogP contribution in [0.2, 0.25) is 0 Å². The molecule has 0 amide bonds. The third-order valence-electron chi connectivity index (χ3n) is 2.40. The summed E-state index contributed by atoms with van der Waals surface area (Å²) in [7, 11) is -2.90. The molecule has 0 N–H and O–H groups in total. The van der Waals surface area contributed by atoms with E-state index in [-0.39, 0.29) is 16.8 Å². The molecule has 0 aromatic rings. The Kier molecular flexibility index (Phi) is 2.88. The van der Waals surface area contributed by atoms with E-state index in [4.69, 9.17) is 0 Å². The van der Waals surface area contributed by atoms with Crippen molar-refractivity contribution in [3.63, 3.8) is 0 Å². The fourth-order valence-electron chi connectivity index (χ4n) is 1.51. The molecule has 70 valence electrons.